The molecular formula is C13H27NO3Si. The lowest BCUT2D eigenvalue weighted by Crippen LogP contribution is -2.45. The second-order valence-corrected chi connectivity index (χ2v) is 11.5. The van der Waals surface area contributed by atoms with Gasteiger partial charge in [0.15, 0.2) is 8.32 Å². The largest absolute Gasteiger partial charge is 0.412 e. The molecule has 1 amide bonds. The highest BCUT2D eigenvalue weighted by atomic mass is 28.4. The van der Waals surface area contributed by atoms with Gasteiger partial charge in [0.1, 0.15) is 6.61 Å². The van der Waals surface area contributed by atoms with Crippen LogP contribution in [0.3, 0.4) is 0 Å². The number of hydrogen-bond donors (Lipinski definition) is 1. The van der Waals surface area contributed by atoms with E-state index in [1.54, 1.807) is 4.90 Å². The van der Waals surface area contributed by atoms with Crippen molar-refractivity contribution in [2.45, 2.75) is 64.4 Å². The highest BCUT2D eigenvalue weighted by molar-refractivity contribution is 6.74. The monoisotopic (exact) mass is 273 g/mol. The normalized spacial score (nSPS) is 25.6. The summed E-state index contributed by atoms with van der Waals surface area (Å²) in [6, 6.07) is 0.166. The van der Waals surface area contributed by atoms with E-state index in [0.29, 0.717) is 6.54 Å². The average Bonchev–Trinajstić information content (AvgIpc) is 2.55. The number of rotatable bonds is 3. The Morgan fingerprint density at radius 1 is 1.44 bits per heavy atom. The quantitative estimate of drug-likeness (QED) is 0.800. The van der Waals surface area contributed by atoms with Gasteiger partial charge < -0.3 is 14.4 Å². The predicted molar refractivity (Wildman–Crippen MR) is 74.9 cm³/mol. The van der Waals surface area contributed by atoms with Crippen LogP contribution in [0.5, 0.6) is 0 Å². The Bertz CT molecular complexity index is 312. The van der Waals surface area contributed by atoms with Gasteiger partial charge in [0.05, 0.1) is 6.10 Å². The van der Waals surface area contributed by atoms with Gasteiger partial charge in [-0.15, -0.1) is 0 Å². The first-order valence-corrected chi connectivity index (χ1v) is 9.57. The minimum absolute atomic E-state index is 0.122. The number of aliphatic hydroxyl groups excluding tert-OH is 1. The highest BCUT2D eigenvalue weighted by Crippen LogP contribution is 2.38. The van der Waals surface area contributed by atoms with Crippen molar-refractivity contribution in [2.24, 2.45) is 0 Å². The van der Waals surface area contributed by atoms with Gasteiger partial charge in [-0.05, 0) is 31.5 Å². The lowest BCUT2D eigenvalue weighted by molar-refractivity contribution is -0.134. The summed E-state index contributed by atoms with van der Waals surface area (Å²) in [5.41, 5.74) is 0. The molecule has 2 atom stereocenters. The molecule has 1 N–H and O–H groups in total. The molecule has 1 fully saturated rings. The summed E-state index contributed by atoms with van der Waals surface area (Å²) in [5.74, 6) is -0.191. The van der Waals surface area contributed by atoms with Crippen LogP contribution in [0.25, 0.3) is 0 Å². The summed E-state index contributed by atoms with van der Waals surface area (Å²) in [6.45, 7) is 13.3. The van der Waals surface area contributed by atoms with E-state index in [-0.39, 0.29) is 23.1 Å². The summed E-state index contributed by atoms with van der Waals surface area (Å²) < 4.78 is 6.32. The van der Waals surface area contributed by atoms with Crippen molar-refractivity contribution in [3.05, 3.63) is 0 Å². The minimum atomic E-state index is -1.77. The first-order valence-electron chi connectivity index (χ1n) is 6.66. The van der Waals surface area contributed by atoms with Crippen LogP contribution in [-0.4, -0.2) is 49.5 Å². The lowest BCUT2D eigenvalue weighted by Gasteiger charge is -2.38. The zero-order valence-corrected chi connectivity index (χ0v) is 13.5. The molecule has 5 heteroatoms. The van der Waals surface area contributed by atoms with Crippen LogP contribution in [0.2, 0.25) is 18.1 Å². The van der Waals surface area contributed by atoms with Crippen molar-refractivity contribution in [3.63, 3.8) is 0 Å². The van der Waals surface area contributed by atoms with Crippen molar-refractivity contribution in [3.8, 4) is 0 Å². The summed E-state index contributed by atoms with van der Waals surface area (Å²) in [4.78, 5) is 13.3. The zero-order chi connectivity index (χ0) is 14.1. The van der Waals surface area contributed by atoms with Crippen LogP contribution in [0.4, 0.5) is 0 Å². The SMILES string of the molecule is C[C@@H]1CC(O[Si](C)(C)C(C)(C)C)CN1C(=O)CO. The summed E-state index contributed by atoms with van der Waals surface area (Å²) in [5, 5.41) is 9.12. The number of amides is 1. The fourth-order valence-electron chi connectivity index (χ4n) is 2.10. The second-order valence-electron chi connectivity index (χ2n) is 6.79. The summed E-state index contributed by atoms with van der Waals surface area (Å²) in [7, 11) is -1.77. The van der Waals surface area contributed by atoms with Gasteiger partial charge in [-0.1, -0.05) is 20.8 Å². The van der Waals surface area contributed by atoms with Crippen LogP contribution in [-0.2, 0) is 9.22 Å². The van der Waals surface area contributed by atoms with Gasteiger partial charge in [-0.3, -0.25) is 4.79 Å². The smallest absolute Gasteiger partial charge is 0.248 e. The van der Waals surface area contributed by atoms with Gasteiger partial charge in [0, 0.05) is 12.6 Å². The maximum Gasteiger partial charge on any atom is 0.248 e. The van der Waals surface area contributed by atoms with E-state index in [1.807, 2.05) is 6.92 Å². The van der Waals surface area contributed by atoms with E-state index in [9.17, 15) is 4.79 Å². The Morgan fingerprint density at radius 2 is 2.00 bits per heavy atom. The van der Waals surface area contributed by atoms with E-state index in [0.717, 1.165) is 6.42 Å². The molecule has 0 aromatic heterocycles. The van der Waals surface area contributed by atoms with Crippen molar-refractivity contribution in [2.75, 3.05) is 13.2 Å². The molecule has 0 aromatic rings. The maximum atomic E-state index is 11.6. The maximum absolute atomic E-state index is 11.6. The lowest BCUT2D eigenvalue weighted by atomic mass is 10.2. The van der Waals surface area contributed by atoms with Crippen LogP contribution in [0.15, 0.2) is 0 Å². The van der Waals surface area contributed by atoms with Gasteiger partial charge in [0.2, 0.25) is 5.91 Å². The Kier molecular flexibility index (Phi) is 4.62. The third kappa shape index (κ3) is 3.33. The number of aliphatic hydroxyl groups is 1. The van der Waals surface area contributed by atoms with E-state index in [4.69, 9.17) is 9.53 Å². The van der Waals surface area contributed by atoms with Crippen LogP contribution < -0.4 is 0 Å². The van der Waals surface area contributed by atoms with Gasteiger partial charge >= 0.3 is 0 Å². The number of hydrogen-bond acceptors (Lipinski definition) is 3. The molecule has 1 aliphatic rings. The Balaban J connectivity index is 2.65. The molecule has 0 saturated carbocycles. The van der Waals surface area contributed by atoms with E-state index >= 15 is 0 Å². The molecular weight excluding hydrogens is 246 g/mol. The molecule has 0 bridgehead atoms. The molecule has 1 unspecified atom stereocenters. The van der Waals surface area contributed by atoms with Gasteiger partial charge in [0.25, 0.3) is 0 Å². The first kappa shape index (κ1) is 15.7. The van der Waals surface area contributed by atoms with Crippen LogP contribution >= 0.6 is 0 Å². The molecule has 0 aliphatic carbocycles. The zero-order valence-electron chi connectivity index (χ0n) is 12.5. The number of likely N-dealkylation sites (tertiary alicyclic amines) is 1. The summed E-state index contributed by atoms with van der Waals surface area (Å²) in [6.07, 6.45) is 0.995. The third-order valence-corrected chi connectivity index (χ3v) is 8.79. The van der Waals surface area contributed by atoms with Crippen molar-refractivity contribution >= 4 is 14.2 Å². The van der Waals surface area contributed by atoms with Crippen molar-refractivity contribution < 1.29 is 14.3 Å². The molecule has 106 valence electrons. The Hall–Kier alpha value is -0.393. The van der Waals surface area contributed by atoms with Gasteiger partial charge in [-0.2, -0.15) is 0 Å². The van der Waals surface area contributed by atoms with E-state index < -0.39 is 14.9 Å². The molecule has 1 heterocycles. The third-order valence-electron chi connectivity index (χ3n) is 4.26. The van der Waals surface area contributed by atoms with Gasteiger partial charge in [-0.25, -0.2) is 0 Å². The molecule has 1 saturated heterocycles. The molecule has 18 heavy (non-hydrogen) atoms. The molecule has 0 spiro atoms. The molecule has 0 radical (unpaired) electrons. The summed E-state index contributed by atoms with van der Waals surface area (Å²) >= 11 is 0. The highest BCUT2D eigenvalue weighted by Gasteiger charge is 2.42. The van der Waals surface area contributed by atoms with Crippen molar-refractivity contribution in [1.29, 1.82) is 0 Å². The fraction of sp³-hybridized carbons (Fsp3) is 0.923. The topological polar surface area (TPSA) is 49.8 Å². The second kappa shape index (κ2) is 5.31. The average molecular weight is 273 g/mol. The fourth-order valence-corrected chi connectivity index (χ4v) is 3.46. The van der Waals surface area contributed by atoms with Crippen molar-refractivity contribution in [1.82, 2.24) is 4.90 Å². The predicted octanol–water partition coefficient (Wildman–Crippen LogP) is 1.99. The van der Waals surface area contributed by atoms with Crippen LogP contribution in [0, 0.1) is 0 Å². The molecule has 1 rings (SSSR count). The van der Waals surface area contributed by atoms with E-state index in [2.05, 4.69) is 33.9 Å². The Morgan fingerprint density at radius 3 is 2.44 bits per heavy atom. The standard InChI is InChI=1S/C13H27NO3Si/c1-10-7-11(8-14(10)12(16)9-15)17-18(5,6)13(2,3)4/h10-11,15H,7-9H2,1-6H3/t10-,11?/m1/s1. The van der Waals surface area contributed by atoms with E-state index in [1.165, 1.54) is 0 Å². The van der Waals surface area contributed by atoms with Crippen LogP contribution in [0.1, 0.15) is 34.1 Å². The molecule has 4 nitrogen and oxygen atoms in total. The first-order chi connectivity index (χ1) is 8.08. The molecule has 0 aromatic carbocycles. The Labute approximate surface area is 111 Å². The molecule has 1 aliphatic heterocycles. The number of nitrogens with zero attached hydrogens (tertiary/aromatic N) is 1. The number of carbonyl (C=O) groups is 1. The minimum Gasteiger partial charge on any atom is -0.412 e. The number of carbonyl (C=O) groups excluding carboxylic acids is 1.